The molecule has 5 nitrogen and oxygen atoms in total. The number of hydrogen-bond donors (Lipinski definition) is 0. The third-order valence-electron chi connectivity index (χ3n) is 3.92. The number of aromatic nitrogens is 1. The van der Waals surface area contributed by atoms with Crippen molar-refractivity contribution in [2.24, 2.45) is 0 Å². The minimum absolute atomic E-state index is 0. The first-order valence-electron chi connectivity index (χ1n) is 8.14. The van der Waals surface area contributed by atoms with E-state index in [0.717, 1.165) is 27.0 Å². The van der Waals surface area contributed by atoms with E-state index in [9.17, 15) is 4.79 Å². The van der Waals surface area contributed by atoms with Crippen molar-refractivity contribution in [2.75, 3.05) is 39.2 Å². The summed E-state index contributed by atoms with van der Waals surface area (Å²) in [7, 11) is 5.62. The molecule has 0 aliphatic carbocycles. The zero-order valence-electron chi connectivity index (χ0n) is 15.3. The van der Waals surface area contributed by atoms with Gasteiger partial charge in [0.2, 0.25) is 0 Å². The molecule has 0 bridgehead atoms. The van der Waals surface area contributed by atoms with Crippen LogP contribution in [0.2, 0.25) is 0 Å². The van der Waals surface area contributed by atoms with Crippen molar-refractivity contribution in [3.8, 4) is 5.75 Å². The summed E-state index contributed by atoms with van der Waals surface area (Å²) in [6.45, 7) is 1.32. The molecule has 3 rings (SSSR count). The maximum Gasteiger partial charge on any atom is 0.260 e. The van der Waals surface area contributed by atoms with Crippen LogP contribution in [0.25, 0.3) is 10.2 Å². The molecule has 1 aromatic heterocycles. The third-order valence-corrected chi connectivity index (χ3v) is 5.51. The number of halogens is 2. The Morgan fingerprint density at radius 2 is 1.85 bits per heavy atom. The Balaban J connectivity index is 0.00000261. The molecule has 3 aromatic rings. The van der Waals surface area contributed by atoms with Crippen LogP contribution in [0.15, 0.2) is 46.9 Å². The molecular formula is C19H21BrClN3O2S. The quantitative estimate of drug-likeness (QED) is 0.524. The number of methoxy groups -OCH3 is 1. The fourth-order valence-corrected chi connectivity index (χ4v) is 3.70. The maximum atomic E-state index is 13.1. The van der Waals surface area contributed by atoms with Gasteiger partial charge in [0.25, 0.3) is 5.91 Å². The number of likely N-dealkylation sites (N-methyl/N-ethyl adjacent to an activating group) is 1. The summed E-state index contributed by atoms with van der Waals surface area (Å²) in [5.41, 5.74) is 1.48. The van der Waals surface area contributed by atoms with Crippen molar-refractivity contribution in [3.05, 3.63) is 52.5 Å². The van der Waals surface area contributed by atoms with E-state index in [4.69, 9.17) is 4.74 Å². The smallest absolute Gasteiger partial charge is 0.260 e. The van der Waals surface area contributed by atoms with Crippen LogP contribution in [-0.2, 0) is 0 Å². The van der Waals surface area contributed by atoms with Crippen LogP contribution in [-0.4, -0.2) is 50.1 Å². The van der Waals surface area contributed by atoms with Gasteiger partial charge in [-0.2, -0.15) is 0 Å². The number of benzene rings is 2. The number of fused-ring (bicyclic) bond motifs is 1. The van der Waals surface area contributed by atoms with E-state index >= 15 is 0 Å². The summed E-state index contributed by atoms with van der Waals surface area (Å²) < 4.78 is 7.24. The van der Waals surface area contributed by atoms with E-state index in [0.29, 0.717) is 17.2 Å². The molecule has 0 spiro atoms. The molecule has 1 heterocycles. The highest BCUT2D eigenvalue weighted by Crippen LogP contribution is 2.32. The van der Waals surface area contributed by atoms with Crippen molar-refractivity contribution in [2.45, 2.75) is 0 Å². The van der Waals surface area contributed by atoms with Crippen molar-refractivity contribution < 1.29 is 9.53 Å². The van der Waals surface area contributed by atoms with Gasteiger partial charge in [-0.15, -0.1) is 12.4 Å². The first-order valence-corrected chi connectivity index (χ1v) is 9.75. The molecule has 0 aliphatic rings. The maximum absolute atomic E-state index is 13.1. The highest BCUT2D eigenvalue weighted by molar-refractivity contribution is 9.10. The lowest BCUT2D eigenvalue weighted by molar-refractivity contribution is 0.0985. The van der Waals surface area contributed by atoms with E-state index < -0.39 is 0 Å². The summed E-state index contributed by atoms with van der Waals surface area (Å²) in [4.78, 5) is 21.6. The first-order chi connectivity index (χ1) is 12.5. The Morgan fingerprint density at radius 1 is 1.15 bits per heavy atom. The fourth-order valence-electron chi connectivity index (χ4n) is 2.47. The van der Waals surface area contributed by atoms with Crippen LogP contribution in [0.5, 0.6) is 5.75 Å². The van der Waals surface area contributed by atoms with Crippen molar-refractivity contribution >= 4 is 60.9 Å². The zero-order chi connectivity index (χ0) is 18.7. The van der Waals surface area contributed by atoms with E-state index in [2.05, 4.69) is 25.8 Å². The molecule has 8 heteroatoms. The molecule has 0 saturated heterocycles. The predicted octanol–water partition coefficient (Wildman–Crippen LogP) is 4.70. The van der Waals surface area contributed by atoms with Crippen LogP contribution in [0.1, 0.15) is 10.4 Å². The SMILES string of the molecule is COc1ccc2sc(N(CCN(C)C)C(=O)c3ccc(Br)cc3)nc2c1.Cl. The molecule has 2 aromatic carbocycles. The monoisotopic (exact) mass is 469 g/mol. The number of carbonyl (C=O) groups excluding carboxylic acids is 1. The number of rotatable bonds is 6. The topological polar surface area (TPSA) is 45.7 Å². The second-order valence-electron chi connectivity index (χ2n) is 6.10. The highest BCUT2D eigenvalue weighted by Gasteiger charge is 2.21. The minimum atomic E-state index is -0.0506. The molecule has 0 radical (unpaired) electrons. The second kappa shape index (κ2) is 9.50. The summed E-state index contributed by atoms with van der Waals surface area (Å²) >= 11 is 4.92. The molecule has 0 atom stereocenters. The predicted molar refractivity (Wildman–Crippen MR) is 118 cm³/mol. The number of anilines is 1. The average Bonchev–Trinajstić information content (AvgIpc) is 3.04. The summed E-state index contributed by atoms with van der Waals surface area (Å²) in [6.07, 6.45) is 0. The van der Waals surface area contributed by atoms with Gasteiger partial charge < -0.3 is 9.64 Å². The molecular weight excluding hydrogens is 450 g/mol. The van der Waals surface area contributed by atoms with Gasteiger partial charge >= 0.3 is 0 Å². The van der Waals surface area contributed by atoms with Crippen LogP contribution in [0.4, 0.5) is 5.13 Å². The Kier molecular flexibility index (Phi) is 7.61. The summed E-state index contributed by atoms with van der Waals surface area (Å²) in [5, 5.41) is 0.697. The van der Waals surface area contributed by atoms with Crippen LogP contribution >= 0.6 is 39.7 Å². The fraction of sp³-hybridized carbons (Fsp3) is 0.263. The molecule has 0 unspecified atom stereocenters. The Hall–Kier alpha value is -1.67. The molecule has 0 saturated carbocycles. The normalized spacial score (nSPS) is 10.7. The summed E-state index contributed by atoms with van der Waals surface area (Å²) in [5.74, 6) is 0.707. The van der Waals surface area contributed by atoms with Crippen LogP contribution in [0, 0.1) is 0 Å². The van der Waals surface area contributed by atoms with E-state index in [1.165, 1.54) is 11.3 Å². The van der Waals surface area contributed by atoms with E-state index in [1.807, 2.05) is 56.6 Å². The Labute approximate surface area is 177 Å². The number of hydrogen-bond acceptors (Lipinski definition) is 5. The van der Waals surface area contributed by atoms with Gasteiger partial charge in [-0.25, -0.2) is 4.98 Å². The van der Waals surface area contributed by atoms with E-state index in [1.54, 1.807) is 12.0 Å². The number of ether oxygens (including phenoxy) is 1. The molecule has 0 aliphatic heterocycles. The van der Waals surface area contributed by atoms with Gasteiger partial charge in [-0.3, -0.25) is 9.69 Å². The second-order valence-corrected chi connectivity index (χ2v) is 8.02. The van der Waals surface area contributed by atoms with Gasteiger partial charge in [0, 0.05) is 29.2 Å². The van der Waals surface area contributed by atoms with Gasteiger partial charge in [-0.05, 0) is 50.5 Å². The van der Waals surface area contributed by atoms with Gasteiger partial charge in [-0.1, -0.05) is 27.3 Å². The van der Waals surface area contributed by atoms with Crippen molar-refractivity contribution in [3.63, 3.8) is 0 Å². The first kappa shape index (κ1) is 21.6. The van der Waals surface area contributed by atoms with Gasteiger partial charge in [0.1, 0.15) is 5.75 Å². The number of thiazole rings is 1. The Bertz CT molecular complexity index is 915. The number of carbonyl (C=O) groups is 1. The lowest BCUT2D eigenvalue weighted by atomic mass is 10.2. The zero-order valence-corrected chi connectivity index (χ0v) is 18.5. The Morgan fingerprint density at radius 3 is 2.48 bits per heavy atom. The third kappa shape index (κ3) is 5.19. The lowest BCUT2D eigenvalue weighted by Gasteiger charge is -2.22. The molecule has 144 valence electrons. The van der Waals surface area contributed by atoms with Crippen LogP contribution < -0.4 is 9.64 Å². The molecule has 27 heavy (non-hydrogen) atoms. The van der Waals surface area contributed by atoms with Crippen molar-refractivity contribution in [1.29, 1.82) is 0 Å². The highest BCUT2D eigenvalue weighted by atomic mass is 79.9. The van der Waals surface area contributed by atoms with Crippen molar-refractivity contribution in [1.82, 2.24) is 9.88 Å². The van der Waals surface area contributed by atoms with Crippen LogP contribution in [0.3, 0.4) is 0 Å². The minimum Gasteiger partial charge on any atom is -0.497 e. The largest absolute Gasteiger partial charge is 0.497 e. The number of amides is 1. The molecule has 0 N–H and O–H groups in total. The number of nitrogens with zero attached hydrogens (tertiary/aromatic N) is 3. The standard InChI is InChI=1S/C19H20BrN3O2S.ClH/c1-22(2)10-11-23(18(24)13-4-6-14(20)7-5-13)19-21-16-12-15(25-3)8-9-17(16)26-19;/h4-9,12H,10-11H2,1-3H3;1H. The lowest BCUT2D eigenvalue weighted by Crippen LogP contribution is -2.36. The molecule has 1 amide bonds. The molecule has 0 fully saturated rings. The summed E-state index contributed by atoms with van der Waals surface area (Å²) in [6, 6.07) is 13.2. The van der Waals surface area contributed by atoms with Gasteiger partial charge in [0.15, 0.2) is 5.13 Å². The average molecular weight is 471 g/mol. The van der Waals surface area contributed by atoms with Gasteiger partial charge in [0.05, 0.1) is 17.3 Å². The van der Waals surface area contributed by atoms with E-state index in [-0.39, 0.29) is 18.3 Å².